The van der Waals surface area contributed by atoms with Crippen LogP contribution in [0.1, 0.15) is 21.5 Å². The van der Waals surface area contributed by atoms with Crippen molar-refractivity contribution in [3.63, 3.8) is 0 Å². The zero-order valence-electron chi connectivity index (χ0n) is 10.5. The minimum atomic E-state index is -0.916. The molecule has 0 fully saturated rings. The lowest BCUT2D eigenvalue weighted by molar-refractivity contribution is 0.0697. The van der Waals surface area contributed by atoms with Gasteiger partial charge in [-0.2, -0.15) is 0 Å². The predicted molar refractivity (Wildman–Crippen MR) is 76.9 cm³/mol. The minimum absolute atomic E-state index is 0.289. The zero-order chi connectivity index (χ0) is 13.8. The molecule has 0 amide bonds. The Bertz CT molecular complexity index is 594. The first kappa shape index (κ1) is 13.4. The van der Waals surface area contributed by atoms with E-state index in [9.17, 15) is 4.79 Å². The molecule has 4 heteroatoms. The van der Waals surface area contributed by atoms with Crippen LogP contribution in [0.25, 0.3) is 0 Å². The molecule has 0 unspecified atom stereocenters. The lowest BCUT2D eigenvalue weighted by atomic mass is 10.1. The van der Waals surface area contributed by atoms with Gasteiger partial charge in [0.1, 0.15) is 0 Å². The number of nitrogens with one attached hydrogen (secondary N) is 1. The number of carboxylic acid groups (broad SMARTS) is 1. The molecule has 0 spiro atoms. The van der Waals surface area contributed by atoms with Crippen molar-refractivity contribution in [2.45, 2.75) is 13.5 Å². The summed E-state index contributed by atoms with van der Waals surface area (Å²) in [6.45, 7) is 2.60. The molecule has 0 aromatic heterocycles. The van der Waals surface area contributed by atoms with Crippen LogP contribution < -0.4 is 5.32 Å². The summed E-state index contributed by atoms with van der Waals surface area (Å²) in [7, 11) is 0. The summed E-state index contributed by atoms with van der Waals surface area (Å²) >= 11 is 6.09. The topological polar surface area (TPSA) is 49.3 Å². The van der Waals surface area contributed by atoms with E-state index in [2.05, 4.69) is 5.32 Å². The van der Waals surface area contributed by atoms with Gasteiger partial charge >= 0.3 is 5.97 Å². The third-order valence-electron chi connectivity index (χ3n) is 2.81. The quantitative estimate of drug-likeness (QED) is 0.888. The number of benzene rings is 2. The molecule has 2 rings (SSSR count). The molecule has 19 heavy (non-hydrogen) atoms. The molecule has 0 bridgehead atoms. The van der Waals surface area contributed by atoms with E-state index in [4.69, 9.17) is 16.7 Å². The van der Waals surface area contributed by atoms with Crippen LogP contribution in [0.5, 0.6) is 0 Å². The number of hydrogen-bond acceptors (Lipinski definition) is 2. The summed E-state index contributed by atoms with van der Waals surface area (Å²) in [6.07, 6.45) is 0. The Morgan fingerprint density at radius 3 is 2.53 bits per heavy atom. The Hall–Kier alpha value is -2.00. The Balaban J connectivity index is 2.06. The fraction of sp³-hybridized carbons (Fsp3) is 0.133. The molecule has 0 aliphatic carbocycles. The van der Waals surface area contributed by atoms with Crippen LogP contribution in [0.4, 0.5) is 5.69 Å². The van der Waals surface area contributed by atoms with Gasteiger partial charge in [0.05, 0.1) is 16.3 Å². The van der Waals surface area contributed by atoms with Crippen LogP contribution in [0.15, 0.2) is 42.5 Å². The molecule has 0 aliphatic heterocycles. The molecule has 0 saturated carbocycles. The molecule has 2 aromatic carbocycles. The number of carboxylic acids is 1. The summed E-state index contributed by atoms with van der Waals surface area (Å²) in [5, 5.41) is 12.7. The Morgan fingerprint density at radius 2 is 1.89 bits per heavy atom. The second-order valence-corrected chi connectivity index (χ2v) is 4.75. The van der Waals surface area contributed by atoms with Crippen molar-refractivity contribution in [3.8, 4) is 0 Å². The highest BCUT2D eigenvalue weighted by Crippen LogP contribution is 2.23. The van der Waals surface area contributed by atoms with E-state index in [1.165, 1.54) is 0 Å². The first-order chi connectivity index (χ1) is 9.06. The highest BCUT2D eigenvalue weighted by molar-refractivity contribution is 6.33. The van der Waals surface area contributed by atoms with Crippen LogP contribution in [0.2, 0.25) is 5.02 Å². The van der Waals surface area contributed by atoms with E-state index in [0.29, 0.717) is 11.6 Å². The Kier molecular flexibility index (Phi) is 4.07. The molecule has 0 aliphatic rings. The second kappa shape index (κ2) is 5.76. The van der Waals surface area contributed by atoms with Gasteiger partial charge < -0.3 is 10.4 Å². The maximum atomic E-state index is 10.7. The van der Waals surface area contributed by atoms with Gasteiger partial charge in [0.2, 0.25) is 0 Å². The van der Waals surface area contributed by atoms with Crippen LogP contribution in [-0.2, 0) is 6.54 Å². The predicted octanol–water partition coefficient (Wildman–Crippen LogP) is 3.96. The van der Waals surface area contributed by atoms with Gasteiger partial charge in [-0.3, -0.25) is 0 Å². The molecule has 0 radical (unpaired) electrons. The summed E-state index contributed by atoms with van der Waals surface area (Å²) in [6, 6.07) is 12.6. The van der Waals surface area contributed by atoms with Crippen molar-refractivity contribution in [1.82, 2.24) is 0 Å². The standard InChI is InChI=1S/C15H14ClNO2/c1-10-2-7-13(16)14(8-10)17-9-11-3-5-12(6-4-11)15(18)19/h2-8,17H,9H2,1H3,(H,18,19). The van der Waals surface area contributed by atoms with E-state index in [-0.39, 0.29) is 5.56 Å². The van der Waals surface area contributed by atoms with Crippen LogP contribution in [-0.4, -0.2) is 11.1 Å². The Labute approximate surface area is 116 Å². The summed E-state index contributed by atoms with van der Waals surface area (Å²) in [5.74, 6) is -0.916. The lowest BCUT2D eigenvalue weighted by Crippen LogP contribution is -2.01. The normalized spacial score (nSPS) is 10.2. The maximum Gasteiger partial charge on any atom is 0.335 e. The van der Waals surface area contributed by atoms with Crippen LogP contribution in [0.3, 0.4) is 0 Å². The van der Waals surface area contributed by atoms with Gasteiger partial charge in [-0.1, -0.05) is 29.8 Å². The van der Waals surface area contributed by atoms with Crippen LogP contribution in [0, 0.1) is 6.92 Å². The summed E-state index contributed by atoms with van der Waals surface area (Å²) in [4.78, 5) is 10.7. The van der Waals surface area contributed by atoms with Gasteiger partial charge in [0.25, 0.3) is 0 Å². The molecular weight excluding hydrogens is 262 g/mol. The van der Waals surface area contributed by atoms with Gasteiger partial charge in [-0.05, 0) is 42.3 Å². The van der Waals surface area contributed by atoms with Crippen molar-refractivity contribution in [2.24, 2.45) is 0 Å². The maximum absolute atomic E-state index is 10.7. The third-order valence-corrected chi connectivity index (χ3v) is 3.14. The van der Waals surface area contributed by atoms with E-state index < -0.39 is 5.97 Å². The smallest absolute Gasteiger partial charge is 0.335 e. The SMILES string of the molecule is Cc1ccc(Cl)c(NCc2ccc(C(=O)O)cc2)c1. The first-order valence-corrected chi connectivity index (χ1v) is 6.26. The number of aryl methyl sites for hydroxylation is 1. The molecule has 2 aromatic rings. The number of carbonyl (C=O) groups is 1. The van der Waals surface area contributed by atoms with Crippen molar-refractivity contribution >= 4 is 23.3 Å². The van der Waals surface area contributed by atoms with E-state index in [1.54, 1.807) is 24.3 Å². The van der Waals surface area contributed by atoms with Crippen LogP contribution >= 0.6 is 11.6 Å². The number of anilines is 1. The minimum Gasteiger partial charge on any atom is -0.478 e. The average molecular weight is 276 g/mol. The Morgan fingerprint density at radius 1 is 1.21 bits per heavy atom. The summed E-state index contributed by atoms with van der Waals surface area (Å²) < 4.78 is 0. The summed E-state index contributed by atoms with van der Waals surface area (Å²) in [5.41, 5.74) is 3.30. The largest absolute Gasteiger partial charge is 0.478 e. The number of aromatic carboxylic acids is 1. The average Bonchev–Trinajstić information content (AvgIpc) is 2.40. The molecular formula is C15H14ClNO2. The van der Waals surface area contributed by atoms with Crippen molar-refractivity contribution in [3.05, 3.63) is 64.2 Å². The zero-order valence-corrected chi connectivity index (χ0v) is 11.2. The van der Waals surface area contributed by atoms with Gasteiger partial charge in [0, 0.05) is 6.54 Å². The molecule has 0 heterocycles. The van der Waals surface area contributed by atoms with Gasteiger partial charge in [0.15, 0.2) is 0 Å². The second-order valence-electron chi connectivity index (χ2n) is 4.34. The third kappa shape index (κ3) is 3.48. The molecule has 0 atom stereocenters. The van der Waals surface area contributed by atoms with Crippen molar-refractivity contribution in [2.75, 3.05) is 5.32 Å². The molecule has 2 N–H and O–H groups in total. The molecule has 98 valence electrons. The van der Waals surface area contributed by atoms with E-state index in [0.717, 1.165) is 16.8 Å². The van der Waals surface area contributed by atoms with Gasteiger partial charge in [-0.15, -0.1) is 0 Å². The monoisotopic (exact) mass is 275 g/mol. The fourth-order valence-corrected chi connectivity index (χ4v) is 1.92. The first-order valence-electron chi connectivity index (χ1n) is 5.88. The lowest BCUT2D eigenvalue weighted by Gasteiger charge is -2.09. The van der Waals surface area contributed by atoms with E-state index >= 15 is 0 Å². The van der Waals surface area contributed by atoms with Crippen molar-refractivity contribution in [1.29, 1.82) is 0 Å². The highest BCUT2D eigenvalue weighted by Gasteiger charge is 2.03. The van der Waals surface area contributed by atoms with E-state index in [1.807, 2.05) is 25.1 Å². The highest BCUT2D eigenvalue weighted by atomic mass is 35.5. The number of halogens is 1. The fourth-order valence-electron chi connectivity index (χ4n) is 1.74. The van der Waals surface area contributed by atoms with Crippen molar-refractivity contribution < 1.29 is 9.90 Å². The number of hydrogen-bond donors (Lipinski definition) is 2. The molecule has 3 nitrogen and oxygen atoms in total. The molecule has 0 saturated heterocycles. The number of rotatable bonds is 4. The van der Waals surface area contributed by atoms with Gasteiger partial charge in [-0.25, -0.2) is 4.79 Å².